The number of piperidine rings is 1. The van der Waals surface area contributed by atoms with Crippen molar-refractivity contribution < 1.29 is 14.3 Å². The summed E-state index contributed by atoms with van der Waals surface area (Å²) in [5, 5.41) is 3.09. The van der Waals surface area contributed by atoms with E-state index >= 15 is 0 Å². The fourth-order valence-electron chi connectivity index (χ4n) is 3.79. The monoisotopic (exact) mass is 414 g/mol. The largest absolute Gasteiger partial charge is 0.489 e. The lowest BCUT2D eigenvalue weighted by atomic mass is 10.0. The number of amides is 2. The van der Waals surface area contributed by atoms with Crippen molar-refractivity contribution in [2.45, 2.75) is 25.5 Å². The van der Waals surface area contributed by atoms with Crippen molar-refractivity contribution in [1.29, 1.82) is 0 Å². The quantitative estimate of drug-likeness (QED) is 0.654. The minimum Gasteiger partial charge on any atom is -0.489 e. The molecule has 0 bridgehead atoms. The summed E-state index contributed by atoms with van der Waals surface area (Å²) in [6.07, 6.45) is 1.49. The van der Waals surface area contributed by atoms with Crippen molar-refractivity contribution >= 4 is 11.8 Å². The number of rotatable bonds is 6. The van der Waals surface area contributed by atoms with Gasteiger partial charge in [0.25, 0.3) is 11.8 Å². The van der Waals surface area contributed by atoms with Crippen LogP contribution in [0.5, 0.6) is 5.75 Å². The average Bonchev–Trinajstić information content (AvgIpc) is 2.84. The third kappa shape index (κ3) is 5.31. The van der Waals surface area contributed by atoms with E-state index in [4.69, 9.17) is 4.74 Å². The second kappa shape index (κ2) is 9.94. The predicted molar refractivity (Wildman–Crippen MR) is 120 cm³/mol. The highest BCUT2D eigenvalue weighted by molar-refractivity contribution is 5.96. The smallest absolute Gasteiger partial charge is 0.254 e. The number of benzene rings is 3. The third-order valence-electron chi connectivity index (χ3n) is 5.54. The molecule has 0 atom stereocenters. The molecule has 1 fully saturated rings. The molecule has 0 spiro atoms. The van der Waals surface area contributed by atoms with Crippen molar-refractivity contribution in [2.75, 3.05) is 13.1 Å². The lowest BCUT2D eigenvalue weighted by Crippen LogP contribution is -2.46. The molecule has 0 aromatic heterocycles. The molecule has 3 aromatic rings. The van der Waals surface area contributed by atoms with E-state index in [2.05, 4.69) is 5.32 Å². The second-order valence-electron chi connectivity index (χ2n) is 7.66. The summed E-state index contributed by atoms with van der Waals surface area (Å²) in [6.45, 7) is 1.58. The number of hydrogen-bond acceptors (Lipinski definition) is 3. The minimum absolute atomic E-state index is 0.0140. The zero-order valence-corrected chi connectivity index (χ0v) is 17.4. The molecular weight excluding hydrogens is 388 g/mol. The predicted octanol–water partition coefficient (Wildman–Crippen LogP) is 4.30. The molecule has 0 saturated carbocycles. The van der Waals surface area contributed by atoms with Crippen LogP contribution >= 0.6 is 0 Å². The Bertz CT molecular complexity index is 1010. The average molecular weight is 415 g/mol. The van der Waals surface area contributed by atoms with Gasteiger partial charge in [-0.1, -0.05) is 54.6 Å². The normalized spacial score (nSPS) is 14.1. The van der Waals surface area contributed by atoms with Gasteiger partial charge in [-0.25, -0.2) is 0 Å². The molecule has 1 N–H and O–H groups in total. The van der Waals surface area contributed by atoms with E-state index in [9.17, 15) is 9.59 Å². The zero-order chi connectivity index (χ0) is 21.5. The summed E-state index contributed by atoms with van der Waals surface area (Å²) in [6, 6.07) is 26.5. The van der Waals surface area contributed by atoms with E-state index in [1.54, 1.807) is 0 Å². The van der Waals surface area contributed by atoms with Gasteiger partial charge in [0, 0.05) is 35.8 Å². The molecule has 1 aliphatic heterocycles. The molecular formula is C26H26N2O3. The molecule has 158 valence electrons. The van der Waals surface area contributed by atoms with Gasteiger partial charge in [0.1, 0.15) is 12.4 Å². The Morgan fingerprint density at radius 2 is 1.45 bits per heavy atom. The van der Waals surface area contributed by atoms with Crippen molar-refractivity contribution in [1.82, 2.24) is 10.2 Å². The molecule has 5 heteroatoms. The lowest BCUT2D eigenvalue weighted by molar-refractivity contribution is 0.0695. The van der Waals surface area contributed by atoms with E-state index in [-0.39, 0.29) is 17.9 Å². The van der Waals surface area contributed by atoms with Crippen molar-refractivity contribution in [2.24, 2.45) is 0 Å². The summed E-state index contributed by atoms with van der Waals surface area (Å²) in [4.78, 5) is 27.4. The van der Waals surface area contributed by atoms with Gasteiger partial charge in [-0.2, -0.15) is 0 Å². The number of hydrogen-bond donors (Lipinski definition) is 1. The van der Waals surface area contributed by atoms with E-state index in [0.717, 1.165) is 24.2 Å². The fourth-order valence-corrected chi connectivity index (χ4v) is 3.79. The first-order valence-electron chi connectivity index (χ1n) is 10.6. The van der Waals surface area contributed by atoms with Crippen LogP contribution in [0.15, 0.2) is 84.9 Å². The molecule has 31 heavy (non-hydrogen) atoms. The summed E-state index contributed by atoms with van der Waals surface area (Å²) in [5.74, 6) is 0.730. The molecule has 2 amide bonds. The first kappa shape index (κ1) is 20.7. The molecule has 1 saturated heterocycles. The topological polar surface area (TPSA) is 58.6 Å². The lowest BCUT2D eigenvalue weighted by Gasteiger charge is -2.33. The van der Waals surface area contributed by atoms with Gasteiger partial charge in [-0.15, -0.1) is 0 Å². The van der Waals surface area contributed by atoms with Gasteiger partial charge >= 0.3 is 0 Å². The SMILES string of the molecule is O=C(NC1CCN(C(=O)c2ccccc2COc2ccccc2)CC1)c1ccccc1. The highest BCUT2D eigenvalue weighted by Gasteiger charge is 2.26. The standard InChI is InChI=1S/C26H26N2O3/c29-25(20-9-3-1-4-10-20)27-22-15-17-28(18-16-22)26(30)24-14-8-7-11-21(24)19-31-23-12-5-2-6-13-23/h1-14,22H,15-19H2,(H,27,29). The minimum atomic E-state index is -0.0613. The van der Waals surface area contributed by atoms with Crippen LogP contribution in [0.3, 0.4) is 0 Å². The first-order chi connectivity index (χ1) is 15.2. The van der Waals surface area contributed by atoms with E-state index in [0.29, 0.717) is 30.8 Å². The van der Waals surface area contributed by atoms with Crippen LogP contribution in [0.1, 0.15) is 39.1 Å². The Morgan fingerprint density at radius 3 is 2.16 bits per heavy atom. The molecule has 1 heterocycles. The molecule has 5 nitrogen and oxygen atoms in total. The van der Waals surface area contributed by atoms with Crippen molar-refractivity contribution in [3.05, 3.63) is 102 Å². The number of likely N-dealkylation sites (tertiary alicyclic amines) is 1. The Labute approximate surface area is 182 Å². The number of carbonyl (C=O) groups excluding carboxylic acids is 2. The van der Waals surface area contributed by atoms with Crippen LogP contribution in [0.4, 0.5) is 0 Å². The van der Waals surface area contributed by atoms with E-state index in [1.807, 2.05) is 89.8 Å². The van der Waals surface area contributed by atoms with E-state index < -0.39 is 0 Å². The molecule has 0 radical (unpaired) electrons. The van der Waals surface area contributed by atoms with Crippen LogP contribution in [0, 0.1) is 0 Å². The molecule has 3 aromatic carbocycles. The molecule has 0 unspecified atom stereocenters. The number of nitrogens with zero attached hydrogens (tertiary/aromatic N) is 1. The number of ether oxygens (including phenoxy) is 1. The highest BCUT2D eigenvalue weighted by atomic mass is 16.5. The van der Waals surface area contributed by atoms with Crippen LogP contribution < -0.4 is 10.1 Å². The third-order valence-corrected chi connectivity index (χ3v) is 5.54. The van der Waals surface area contributed by atoms with Gasteiger partial charge in [-0.3, -0.25) is 9.59 Å². The number of carbonyl (C=O) groups is 2. The van der Waals surface area contributed by atoms with Gasteiger partial charge in [-0.05, 0) is 43.2 Å². The Hall–Kier alpha value is -3.60. The van der Waals surface area contributed by atoms with Crippen molar-refractivity contribution in [3.8, 4) is 5.75 Å². The Kier molecular flexibility index (Phi) is 6.62. The maximum atomic E-state index is 13.2. The number of nitrogens with one attached hydrogen (secondary N) is 1. The van der Waals surface area contributed by atoms with Crippen LogP contribution in [-0.4, -0.2) is 35.8 Å². The van der Waals surface area contributed by atoms with Gasteiger partial charge in [0.05, 0.1) is 0 Å². The summed E-state index contributed by atoms with van der Waals surface area (Å²) in [5.41, 5.74) is 2.20. The highest BCUT2D eigenvalue weighted by Crippen LogP contribution is 2.19. The van der Waals surface area contributed by atoms with Gasteiger partial charge in [0.15, 0.2) is 0 Å². The molecule has 1 aliphatic rings. The second-order valence-corrected chi connectivity index (χ2v) is 7.66. The van der Waals surface area contributed by atoms with Crippen molar-refractivity contribution in [3.63, 3.8) is 0 Å². The van der Waals surface area contributed by atoms with Gasteiger partial charge < -0.3 is 15.0 Å². The maximum absolute atomic E-state index is 13.2. The summed E-state index contributed by atoms with van der Waals surface area (Å²) >= 11 is 0. The summed E-state index contributed by atoms with van der Waals surface area (Å²) in [7, 11) is 0. The fraction of sp³-hybridized carbons (Fsp3) is 0.231. The maximum Gasteiger partial charge on any atom is 0.254 e. The summed E-state index contributed by atoms with van der Waals surface area (Å²) < 4.78 is 5.85. The van der Waals surface area contributed by atoms with Gasteiger partial charge in [0.2, 0.25) is 0 Å². The zero-order valence-electron chi connectivity index (χ0n) is 17.4. The number of para-hydroxylation sites is 1. The Morgan fingerprint density at radius 1 is 0.839 bits per heavy atom. The van der Waals surface area contributed by atoms with E-state index in [1.165, 1.54) is 0 Å². The van der Waals surface area contributed by atoms with Crippen LogP contribution in [0.2, 0.25) is 0 Å². The Balaban J connectivity index is 1.34. The van der Waals surface area contributed by atoms with Crippen LogP contribution in [-0.2, 0) is 6.61 Å². The van der Waals surface area contributed by atoms with Crippen LogP contribution in [0.25, 0.3) is 0 Å². The molecule has 0 aliphatic carbocycles. The molecule has 4 rings (SSSR count). The first-order valence-corrected chi connectivity index (χ1v) is 10.6.